The zero-order valence-corrected chi connectivity index (χ0v) is 12.0. The molecule has 0 bridgehead atoms. The van der Waals surface area contributed by atoms with Gasteiger partial charge >= 0.3 is 0 Å². The van der Waals surface area contributed by atoms with Crippen LogP contribution in [0.3, 0.4) is 0 Å². The van der Waals surface area contributed by atoms with Crippen LogP contribution in [0, 0.1) is 13.8 Å². The van der Waals surface area contributed by atoms with Crippen molar-refractivity contribution in [1.82, 2.24) is 0 Å². The van der Waals surface area contributed by atoms with E-state index >= 15 is 0 Å². The molecule has 2 atom stereocenters. The molecule has 2 N–H and O–H groups in total. The molecule has 0 fully saturated rings. The van der Waals surface area contributed by atoms with E-state index in [1.807, 2.05) is 0 Å². The molecule has 2 heteroatoms. The molecule has 0 spiro atoms. The fourth-order valence-electron chi connectivity index (χ4n) is 2.30. The fourth-order valence-corrected chi connectivity index (χ4v) is 2.30. The summed E-state index contributed by atoms with van der Waals surface area (Å²) in [5.41, 5.74) is 10.0. The van der Waals surface area contributed by atoms with Crippen LogP contribution in [0.15, 0.2) is 18.2 Å². The third-order valence-corrected chi connectivity index (χ3v) is 4.06. The van der Waals surface area contributed by atoms with E-state index in [9.17, 15) is 0 Å². The standard InChI is InChI=1S/C15H26N2/c1-7-15(5,13(4)16)17(6)14-9-11(2)8-12(3)10-14/h8-10,13H,7,16H2,1-6H3. The summed E-state index contributed by atoms with van der Waals surface area (Å²) >= 11 is 0. The summed E-state index contributed by atoms with van der Waals surface area (Å²) in [5.74, 6) is 0. The molecular formula is C15H26N2. The summed E-state index contributed by atoms with van der Waals surface area (Å²) < 4.78 is 0. The number of hydrogen-bond donors (Lipinski definition) is 1. The lowest BCUT2D eigenvalue weighted by Gasteiger charge is -2.43. The number of likely N-dealkylation sites (N-methyl/N-ethyl adjacent to an activating group) is 1. The highest BCUT2D eigenvalue weighted by Gasteiger charge is 2.31. The van der Waals surface area contributed by atoms with Crippen LogP contribution in [0.1, 0.15) is 38.3 Å². The van der Waals surface area contributed by atoms with Gasteiger partial charge < -0.3 is 10.6 Å². The molecule has 0 heterocycles. The van der Waals surface area contributed by atoms with Gasteiger partial charge in [-0.1, -0.05) is 13.0 Å². The Bertz CT molecular complexity index is 364. The van der Waals surface area contributed by atoms with Gasteiger partial charge in [0.05, 0.1) is 5.54 Å². The maximum atomic E-state index is 6.15. The molecular weight excluding hydrogens is 208 g/mol. The fraction of sp³-hybridized carbons (Fsp3) is 0.600. The van der Waals surface area contributed by atoms with Gasteiger partial charge in [-0.25, -0.2) is 0 Å². The van der Waals surface area contributed by atoms with Crippen molar-refractivity contribution in [3.8, 4) is 0 Å². The average Bonchev–Trinajstić information content (AvgIpc) is 2.25. The molecule has 96 valence electrons. The van der Waals surface area contributed by atoms with Crippen LogP contribution in [0.5, 0.6) is 0 Å². The molecule has 0 aromatic heterocycles. The second-order valence-electron chi connectivity index (χ2n) is 5.40. The van der Waals surface area contributed by atoms with Gasteiger partial charge in [-0.2, -0.15) is 0 Å². The van der Waals surface area contributed by atoms with E-state index in [-0.39, 0.29) is 11.6 Å². The van der Waals surface area contributed by atoms with Crippen LogP contribution in [-0.2, 0) is 0 Å². The lowest BCUT2D eigenvalue weighted by atomic mass is 9.88. The predicted octanol–water partition coefficient (Wildman–Crippen LogP) is 3.26. The van der Waals surface area contributed by atoms with Crippen molar-refractivity contribution < 1.29 is 0 Å². The molecule has 0 aliphatic carbocycles. The van der Waals surface area contributed by atoms with Gasteiger partial charge in [0, 0.05) is 18.8 Å². The number of nitrogens with two attached hydrogens (primary N) is 1. The van der Waals surface area contributed by atoms with Crippen molar-refractivity contribution in [3.63, 3.8) is 0 Å². The van der Waals surface area contributed by atoms with Crippen molar-refractivity contribution in [1.29, 1.82) is 0 Å². The van der Waals surface area contributed by atoms with E-state index in [0.717, 1.165) is 6.42 Å². The molecule has 0 aliphatic rings. The molecule has 1 rings (SSSR count). The van der Waals surface area contributed by atoms with Gasteiger partial charge in [-0.05, 0) is 57.4 Å². The largest absolute Gasteiger partial charge is 0.368 e. The van der Waals surface area contributed by atoms with Crippen LogP contribution in [0.2, 0.25) is 0 Å². The van der Waals surface area contributed by atoms with Crippen LogP contribution >= 0.6 is 0 Å². The van der Waals surface area contributed by atoms with Crippen LogP contribution < -0.4 is 10.6 Å². The summed E-state index contributed by atoms with van der Waals surface area (Å²) in [5, 5.41) is 0. The van der Waals surface area contributed by atoms with E-state index < -0.39 is 0 Å². The van der Waals surface area contributed by atoms with Crippen molar-refractivity contribution in [2.75, 3.05) is 11.9 Å². The maximum absolute atomic E-state index is 6.15. The third-order valence-electron chi connectivity index (χ3n) is 4.06. The van der Waals surface area contributed by atoms with Crippen LogP contribution in [-0.4, -0.2) is 18.6 Å². The molecule has 2 nitrogen and oxygen atoms in total. The van der Waals surface area contributed by atoms with Gasteiger partial charge in [0.1, 0.15) is 0 Å². The van der Waals surface area contributed by atoms with Crippen molar-refractivity contribution in [2.45, 2.75) is 52.6 Å². The van der Waals surface area contributed by atoms with Crippen molar-refractivity contribution >= 4 is 5.69 Å². The SMILES string of the molecule is CCC(C)(C(C)N)N(C)c1cc(C)cc(C)c1. The van der Waals surface area contributed by atoms with Gasteiger partial charge in [0.2, 0.25) is 0 Å². The summed E-state index contributed by atoms with van der Waals surface area (Å²) in [4.78, 5) is 2.32. The monoisotopic (exact) mass is 234 g/mol. The molecule has 1 aromatic carbocycles. The molecule has 0 aliphatic heterocycles. The summed E-state index contributed by atoms with van der Waals surface area (Å²) in [6, 6.07) is 6.79. The molecule has 17 heavy (non-hydrogen) atoms. The number of anilines is 1. The Hall–Kier alpha value is -1.02. The van der Waals surface area contributed by atoms with Gasteiger partial charge in [0.25, 0.3) is 0 Å². The van der Waals surface area contributed by atoms with Crippen LogP contribution in [0.4, 0.5) is 5.69 Å². The van der Waals surface area contributed by atoms with E-state index in [0.29, 0.717) is 0 Å². The molecule has 0 radical (unpaired) electrons. The highest BCUT2D eigenvalue weighted by atomic mass is 15.2. The summed E-state index contributed by atoms with van der Waals surface area (Å²) in [6.45, 7) is 10.8. The quantitative estimate of drug-likeness (QED) is 0.866. The lowest BCUT2D eigenvalue weighted by molar-refractivity contribution is 0.363. The van der Waals surface area contributed by atoms with Gasteiger partial charge in [-0.15, -0.1) is 0 Å². The first-order chi connectivity index (χ1) is 7.81. The molecule has 0 saturated carbocycles. The van der Waals surface area contributed by atoms with E-state index in [1.54, 1.807) is 0 Å². The molecule has 0 saturated heterocycles. The maximum Gasteiger partial charge on any atom is 0.0516 e. The normalized spacial score (nSPS) is 16.4. The summed E-state index contributed by atoms with van der Waals surface area (Å²) in [6.07, 6.45) is 1.04. The topological polar surface area (TPSA) is 29.3 Å². The summed E-state index contributed by atoms with van der Waals surface area (Å²) in [7, 11) is 2.14. The number of rotatable bonds is 4. The first-order valence-corrected chi connectivity index (χ1v) is 6.39. The Labute approximate surface area is 106 Å². The second-order valence-corrected chi connectivity index (χ2v) is 5.40. The zero-order valence-electron chi connectivity index (χ0n) is 12.0. The van der Waals surface area contributed by atoms with Crippen LogP contribution in [0.25, 0.3) is 0 Å². The molecule has 1 aromatic rings. The van der Waals surface area contributed by atoms with Gasteiger partial charge in [0.15, 0.2) is 0 Å². The number of aryl methyl sites for hydroxylation is 2. The highest BCUT2D eigenvalue weighted by Crippen LogP contribution is 2.28. The zero-order chi connectivity index (χ0) is 13.2. The minimum Gasteiger partial charge on any atom is -0.368 e. The number of benzene rings is 1. The first-order valence-electron chi connectivity index (χ1n) is 6.39. The van der Waals surface area contributed by atoms with E-state index in [2.05, 4.69) is 64.8 Å². The smallest absolute Gasteiger partial charge is 0.0516 e. The minimum absolute atomic E-state index is 0.000231. The Morgan fingerprint density at radius 1 is 1.24 bits per heavy atom. The highest BCUT2D eigenvalue weighted by molar-refractivity contribution is 5.52. The third kappa shape index (κ3) is 2.81. The Morgan fingerprint density at radius 3 is 2.06 bits per heavy atom. The molecule has 0 amide bonds. The van der Waals surface area contributed by atoms with E-state index in [1.165, 1.54) is 16.8 Å². The average molecular weight is 234 g/mol. The lowest BCUT2D eigenvalue weighted by Crippen LogP contribution is -2.55. The Morgan fingerprint density at radius 2 is 1.71 bits per heavy atom. The minimum atomic E-state index is 0.000231. The van der Waals surface area contributed by atoms with Gasteiger partial charge in [-0.3, -0.25) is 0 Å². The van der Waals surface area contributed by atoms with Crippen molar-refractivity contribution in [2.24, 2.45) is 5.73 Å². The predicted molar refractivity (Wildman–Crippen MR) is 76.7 cm³/mol. The van der Waals surface area contributed by atoms with E-state index in [4.69, 9.17) is 5.73 Å². The number of nitrogens with zero attached hydrogens (tertiary/aromatic N) is 1. The molecule has 2 unspecified atom stereocenters. The Balaban J connectivity index is 3.14. The Kier molecular flexibility index (Phi) is 4.21. The van der Waals surface area contributed by atoms with Crippen molar-refractivity contribution in [3.05, 3.63) is 29.3 Å². The second kappa shape index (κ2) is 5.09. The number of hydrogen-bond acceptors (Lipinski definition) is 2. The first kappa shape index (κ1) is 14.0.